The number of carbonyl (C=O) groups is 1. The van der Waals surface area contributed by atoms with Crippen molar-refractivity contribution in [3.63, 3.8) is 0 Å². The number of benzene rings is 3. The Hall–Kier alpha value is -2.44. The zero-order chi connectivity index (χ0) is 21.0. The molecule has 3 rings (SSSR count). The normalized spacial score (nSPS) is 12.4. The molecule has 0 radical (unpaired) electrons. The van der Waals surface area contributed by atoms with Gasteiger partial charge in [-0.05, 0) is 42.0 Å². The van der Waals surface area contributed by atoms with Crippen LogP contribution in [0.15, 0.2) is 88.2 Å². The van der Waals surface area contributed by atoms with Crippen molar-refractivity contribution in [2.75, 3.05) is 19.0 Å². The van der Waals surface area contributed by atoms with Crippen LogP contribution in [0, 0.1) is 0 Å². The molecular formula is C23H22BrNO3S. The minimum atomic E-state index is -3.76. The van der Waals surface area contributed by atoms with E-state index in [0.717, 1.165) is 10.2 Å². The Balaban J connectivity index is 2.03. The van der Waals surface area contributed by atoms with Gasteiger partial charge in [-0.15, -0.1) is 0 Å². The number of halogens is 1. The number of sulfone groups is 1. The van der Waals surface area contributed by atoms with Gasteiger partial charge in [-0.1, -0.05) is 58.4 Å². The maximum atomic E-state index is 13.5. The van der Waals surface area contributed by atoms with E-state index in [2.05, 4.69) is 15.9 Å². The minimum Gasteiger partial charge on any atom is -0.378 e. The molecule has 4 nitrogen and oxygen atoms in total. The first-order valence-corrected chi connectivity index (χ1v) is 11.5. The fraction of sp³-hybridized carbons (Fsp3) is 0.174. The second-order valence-corrected chi connectivity index (χ2v) is 10.0. The van der Waals surface area contributed by atoms with Crippen molar-refractivity contribution in [3.05, 3.63) is 94.5 Å². The van der Waals surface area contributed by atoms with Crippen LogP contribution in [-0.4, -0.2) is 28.3 Å². The minimum absolute atomic E-state index is 0.121. The summed E-state index contributed by atoms with van der Waals surface area (Å²) in [5.74, 6) is -0.201. The second-order valence-electron chi connectivity index (χ2n) is 6.97. The molecule has 150 valence electrons. The van der Waals surface area contributed by atoms with E-state index in [4.69, 9.17) is 0 Å². The molecule has 0 N–H and O–H groups in total. The van der Waals surface area contributed by atoms with Gasteiger partial charge in [-0.25, -0.2) is 8.42 Å². The fourth-order valence-corrected chi connectivity index (χ4v) is 5.09. The van der Waals surface area contributed by atoms with Gasteiger partial charge in [0, 0.05) is 36.2 Å². The second kappa shape index (κ2) is 8.93. The molecule has 0 fully saturated rings. The summed E-state index contributed by atoms with van der Waals surface area (Å²) in [5.41, 5.74) is 2.07. The molecule has 1 atom stereocenters. The first kappa shape index (κ1) is 21.3. The summed E-state index contributed by atoms with van der Waals surface area (Å²) >= 11 is 3.33. The van der Waals surface area contributed by atoms with Crippen LogP contribution in [0.4, 0.5) is 5.69 Å². The monoisotopic (exact) mass is 471 g/mol. The quantitative estimate of drug-likeness (QED) is 0.438. The molecule has 1 unspecified atom stereocenters. The third-order valence-electron chi connectivity index (χ3n) is 4.76. The maximum absolute atomic E-state index is 13.5. The average Bonchev–Trinajstić information content (AvgIpc) is 2.72. The largest absolute Gasteiger partial charge is 0.378 e. The number of nitrogens with zero attached hydrogens (tertiary/aromatic N) is 1. The molecule has 0 spiro atoms. The molecule has 0 aliphatic heterocycles. The molecule has 0 amide bonds. The number of ketones is 1. The van der Waals surface area contributed by atoms with Crippen LogP contribution >= 0.6 is 15.9 Å². The van der Waals surface area contributed by atoms with Gasteiger partial charge in [-0.2, -0.15) is 0 Å². The topological polar surface area (TPSA) is 54.5 Å². The summed E-state index contributed by atoms with van der Waals surface area (Å²) in [7, 11) is 0.0789. The maximum Gasteiger partial charge on any atom is 0.185 e. The number of hydrogen-bond acceptors (Lipinski definition) is 4. The number of hydrogen-bond donors (Lipinski definition) is 0. The Morgan fingerprint density at radius 3 is 2.03 bits per heavy atom. The van der Waals surface area contributed by atoms with Crippen molar-refractivity contribution in [2.24, 2.45) is 0 Å². The highest BCUT2D eigenvalue weighted by atomic mass is 79.9. The lowest BCUT2D eigenvalue weighted by molar-refractivity contribution is 0.0980. The Labute approximate surface area is 180 Å². The highest BCUT2D eigenvalue weighted by Crippen LogP contribution is 2.34. The van der Waals surface area contributed by atoms with Gasteiger partial charge in [0.05, 0.1) is 10.1 Å². The van der Waals surface area contributed by atoms with Gasteiger partial charge in [0.1, 0.15) is 0 Å². The van der Waals surface area contributed by atoms with E-state index in [0.29, 0.717) is 11.1 Å². The Morgan fingerprint density at radius 2 is 1.48 bits per heavy atom. The summed E-state index contributed by atoms with van der Waals surface area (Å²) in [4.78, 5) is 15.0. The van der Waals surface area contributed by atoms with Crippen molar-refractivity contribution >= 4 is 37.2 Å². The lowest BCUT2D eigenvalue weighted by atomic mass is 10.0. The van der Waals surface area contributed by atoms with E-state index < -0.39 is 15.1 Å². The van der Waals surface area contributed by atoms with E-state index in [9.17, 15) is 13.2 Å². The van der Waals surface area contributed by atoms with Crippen LogP contribution in [0.1, 0.15) is 27.6 Å². The predicted octanol–water partition coefficient (Wildman–Crippen LogP) is 5.30. The molecule has 0 saturated heterocycles. The summed E-state index contributed by atoms with van der Waals surface area (Å²) in [6, 6.07) is 22.6. The van der Waals surface area contributed by atoms with Crippen LogP contribution in [0.3, 0.4) is 0 Å². The standard InChI is InChI=1S/C23H22BrNO3S/c1-25(2)20-12-8-18(9-13-20)23(16-22(26)17-6-4-3-5-7-17)29(27,28)21-14-10-19(24)11-15-21/h3-15,23H,16H2,1-2H3. The molecule has 3 aromatic carbocycles. The lowest BCUT2D eigenvalue weighted by Crippen LogP contribution is -2.18. The molecule has 29 heavy (non-hydrogen) atoms. The summed E-state index contributed by atoms with van der Waals surface area (Å²) in [6.45, 7) is 0. The molecule has 0 aliphatic carbocycles. The molecule has 6 heteroatoms. The summed E-state index contributed by atoms with van der Waals surface area (Å²) < 4.78 is 27.7. The Kier molecular flexibility index (Phi) is 6.55. The molecule has 3 aromatic rings. The van der Waals surface area contributed by atoms with Gasteiger partial charge >= 0.3 is 0 Å². The van der Waals surface area contributed by atoms with Gasteiger partial charge in [-0.3, -0.25) is 4.79 Å². The van der Waals surface area contributed by atoms with E-state index in [1.54, 1.807) is 60.7 Å². The molecule has 0 saturated carbocycles. The predicted molar refractivity (Wildman–Crippen MR) is 120 cm³/mol. The molecule has 0 aromatic heterocycles. The highest BCUT2D eigenvalue weighted by Gasteiger charge is 2.31. The van der Waals surface area contributed by atoms with Crippen molar-refractivity contribution in [1.29, 1.82) is 0 Å². The third-order valence-corrected chi connectivity index (χ3v) is 7.41. The number of anilines is 1. The van der Waals surface area contributed by atoms with Crippen LogP contribution in [0.2, 0.25) is 0 Å². The van der Waals surface area contributed by atoms with E-state index in [1.807, 2.05) is 37.2 Å². The van der Waals surface area contributed by atoms with Gasteiger partial charge in [0.15, 0.2) is 15.6 Å². The fourth-order valence-electron chi connectivity index (χ4n) is 3.09. The van der Waals surface area contributed by atoms with Crippen molar-refractivity contribution in [2.45, 2.75) is 16.6 Å². The summed E-state index contributed by atoms with van der Waals surface area (Å²) in [5, 5.41) is -0.965. The molecular weight excluding hydrogens is 450 g/mol. The van der Waals surface area contributed by atoms with E-state index in [-0.39, 0.29) is 17.1 Å². The van der Waals surface area contributed by atoms with Crippen molar-refractivity contribution < 1.29 is 13.2 Å². The van der Waals surface area contributed by atoms with E-state index >= 15 is 0 Å². The first-order valence-electron chi connectivity index (χ1n) is 9.14. The molecule has 0 bridgehead atoms. The van der Waals surface area contributed by atoms with Crippen molar-refractivity contribution in [3.8, 4) is 0 Å². The SMILES string of the molecule is CN(C)c1ccc(C(CC(=O)c2ccccc2)S(=O)(=O)c2ccc(Br)cc2)cc1. The number of carbonyl (C=O) groups excluding carboxylic acids is 1. The molecule has 0 aliphatic rings. The first-order chi connectivity index (χ1) is 13.8. The number of rotatable bonds is 7. The summed E-state index contributed by atoms with van der Waals surface area (Å²) in [6.07, 6.45) is -0.121. The zero-order valence-corrected chi connectivity index (χ0v) is 18.7. The van der Waals surface area contributed by atoms with Crippen LogP contribution in [-0.2, 0) is 9.84 Å². The average molecular weight is 472 g/mol. The third kappa shape index (κ3) is 4.95. The molecule has 0 heterocycles. The Morgan fingerprint density at radius 1 is 0.897 bits per heavy atom. The van der Waals surface area contributed by atoms with Crippen molar-refractivity contribution in [1.82, 2.24) is 0 Å². The van der Waals surface area contributed by atoms with Gasteiger partial charge in [0.25, 0.3) is 0 Å². The van der Waals surface area contributed by atoms with Crippen LogP contribution in [0.5, 0.6) is 0 Å². The lowest BCUT2D eigenvalue weighted by Gasteiger charge is -2.20. The van der Waals surface area contributed by atoms with Gasteiger partial charge < -0.3 is 4.90 Å². The van der Waals surface area contributed by atoms with Crippen LogP contribution in [0.25, 0.3) is 0 Å². The van der Waals surface area contributed by atoms with Gasteiger partial charge in [0.2, 0.25) is 0 Å². The highest BCUT2D eigenvalue weighted by molar-refractivity contribution is 9.10. The Bertz CT molecular complexity index is 1080. The zero-order valence-electron chi connectivity index (χ0n) is 16.2. The van der Waals surface area contributed by atoms with Crippen LogP contribution < -0.4 is 4.90 Å². The number of Topliss-reactive ketones (excluding diaryl/α,β-unsaturated/α-hetero) is 1. The smallest absolute Gasteiger partial charge is 0.185 e. The van der Waals surface area contributed by atoms with E-state index in [1.165, 1.54) is 0 Å².